The molecule has 16 heavy (non-hydrogen) atoms. The van der Waals surface area contributed by atoms with Gasteiger partial charge in [-0.2, -0.15) is 0 Å². The van der Waals surface area contributed by atoms with Gasteiger partial charge >= 0.3 is 0 Å². The minimum absolute atomic E-state index is 0.214. The topological polar surface area (TPSA) is 24.9 Å². The summed E-state index contributed by atoms with van der Waals surface area (Å²) < 4.78 is 0.881. The number of anilines is 1. The van der Waals surface area contributed by atoms with Crippen LogP contribution in [0.3, 0.4) is 0 Å². The number of pyridine rings is 1. The normalized spacial score (nSPS) is 12.4. The molecule has 0 fully saturated rings. The second kappa shape index (κ2) is 5.17. The molecule has 0 aliphatic rings. The van der Waals surface area contributed by atoms with Crippen LogP contribution < -0.4 is 5.32 Å². The SMILES string of the molecule is CC(Nc1ncc(Br)cc1Cl)c1cccs1. The van der Waals surface area contributed by atoms with Gasteiger partial charge in [0.25, 0.3) is 0 Å². The molecule has 2 nitrogen and oxygen atoms in total. The highest BCUT2D eigenvalue weighted by Crippen LogP contribution is 2.27. The molecule has 2 aromatic rings. The average Bonchev–Trinajstić information content (AvgIpc) is 2.75. The first kappa shape index (κ1) is 11.9. The van der Waals surface area contributed by atoms with Crippen LogP contribution >= 0.6 is 38.9 Å². The Kier molecular flexibility index (Phi) is 3.84. The monoisotopic (exact) mass is 316 g/mol. The third-order valence-electron chi connectivity index (χ3n) is 2.13. The molecule has 2 aromatic heterocycles. The van der Waals surface area contributed by atoms with Crippen LogP contribution in [0.5, 0.6) is 0 Å². The number of rotatable bonds is 3. The van der Waals surface area contributed by atoms with E-state index in [0.29, 0.717) is 10.8 Å². The molecule has 0 aromatic carbocycles. The first-order chi connectivity index (χ1) is 7.66. The molecule has 1 N–H and O–H groups in total. The minimum atomic E-state index is 0.214. The lowest BCUT2D eigenvalue weighted by molar-refractivity contribution is 0.896. The Labute approximate surface area is 112 Å². The Balaban J connectivity index is 2.15. The quantitative estimate of drug-likeness (QED) is 0.885. The second-order valence-corrected chi connectivity index (χ2v) is 5.67. The maximum atomic E-state index is 6.08. The molecule has 0 spiro atoms. The van der Waals surface area contributed by atoms with Gasteiger partial charge in [-0.25, -0.2) is 4.98 Å². The van der Waals surface area contributed by atoms with Crippen molar-refractivity contribution in [3.05, 3.63) is 44.1 Å². The Bertz CT molecular complexity index is 473. The maximum Gasteiger partial charge on any atom is 0.145 e. The van der Waals surface area contributed by atoms with Crippen LogP contribution in [0.4, 0.5) is 5.82 Å². The molecule has 0 saturated heterocycles. The fourth-order valence-corrected chi connectivity index (χ4v) is 2.75. The highest BCUT2D eigenvalue weighted by atomic mass is 79.9. The maximum absolute atomic E-state index is 6.08. The van der Waals surface area contributed by atoms with Gasteiger partial charge in [0.05, 0.1) is 11.1 Å². The zero-order chi connectivity index (χ0) is 11.5. The van der Waals surface area contributed by atoms with E-state index in [1.165, 1.54) is 4.88 Å². The standard InChI is InChI=1S/C11H10BrClN2S/c1-7(10-3-2-4-16-10)15-11-9(13)5-8(12)6-14-11/h2-7H,1H3,(H,14,15). The van der Waals surface area contributed by atoms with Crippen molar-refractivity contribution < 1.29 is 0 Å². The van der Waals surface area contributed by atoms with Gasteiger partial charge < -0.3 is 5.32 Å². The van der Waals surface area contributed by atoms with E-state index < -0.39 is 0 Å². The van der Waals surface area contributed by atoms with Gasteiger partial charge in [0.1, 0.15) is 5.82 Å². The van der Waals surface area contributed by atoms with E-state index in [1.54, 1.807) is 17.5 Å². The van der Waals surface area contributed by atoms with Crippen LogP contribution in [0.15, 0.2) is 34.2 Å². The summed E-state index contributed by atoms with van der Waals surface area (Å²) in [4.78, 5) is 5.51. The van der Waals surface area contributed by atoms with E-state index in [1.807, 2.05) is 12.1 Å². The third-order valence-corrected chi connectivity index (χ3v) is 3.91. The number of thiophene rings is 1. The van der Waals surface area contributed by atoms with Crippen LogP contribution in [-0.2, 0) is 0 Å². The van der Waals surface area contributed by atoms with Crippen LogP contribution in [0, 0.1) is 0 Å². The van der Waals surface area contributed by atoms with Crippen LogP contribution in [0.1, 0.15) is 17.8 Å². The number of nitrogens with one attached hydrogen (secondary N) is 1. The summed E-state index contributed by atoms with van der Waals surface area (Å²) in [6.07, 6.45) is 1.73. The molecule has 2 rings (SSSR count). The molecule has 0 amide bonds. The average molecular weight is 318 g/mol. The Hall–Kier alpha value is -0.580. The lowest BCUT2D eigenvalue weighted by atomic mass is 10.3. The zero-order valence-electron chi connectivity index (χ0n) is 8.58. The smallest absolute Gasteiger partial charge is 0.145 e. The molecule has 0 bridgehead atoms. The summed E-state index contributed by atoms with van der Waals surface area (Å²) >= 11 is 11.1. The van der Waals surface area contributed by atoms with Crippen molar-refractivity contribution in [2.45, 2.75) is 13.0 Å². The zero-order valence-corrected chi connectivity index (χ0v) is 11.7. The van der Waals surface area contributed by atoms with Gasteiger partial charge in [0.2, 0.25) is 0 Å². The fraction of sp³-hybridized carbons (Fsp3) is 0.182. The predicted octanol–water partition coefficient (Wildman–Crippen LogP) is 4.73. The van der Waals surface area contributed by atoms with E-state index in [9.17, 15) is 0 Å². The summed E-state index contributed by atoms with van der Waals surface area (Å²) in [5.41, 5.74) is 0. The van der Waals surface area contributed by atoms with Crippen molar-refractivity contribution >= 4 is 44.7 Å². The first-order valence-corrected chi connectivity index (χ1v) is 6.83. The van der Waals surface area contributed by atoms with Gasteiger partial charge in [-0.05, 0) is 40.4 Å². The highest BCUT2D eigenvalue weighted by Gasteiger charge is 2.09. The van der Waals surface area contributed by atoms with Crippen molar-refractivity contribution in [1.29, 1.82) is 0 Å². The van der Waals surface area contributed by atoms with Gasteiger partial charge in [-0.3, -0.25) is 0 Å². The number of aromatic nitrogens is 1. The summed E-state index contributed by atoms with van der Waals surface area (Å²) in [7, 11) is 0. The molecule has 1 atom stereocenters. The minimum Gasteiger partial charge on any atom is -0.362 e. The molecule has 0 saturated carbocycles. The largest absolute Gasteiger partial charge is 0.362 e. The molecular formula is C11H10BrClN2S. The van der Waals surface area contributed by atoms with E-state index in [-0.39, 0.29) is 6.04 Å². The van der Waals surface area contributed by atoms with E-state index in [2.05, 4.69) is 44.6 Å². The number of hydrogen-bond acceptors (Lipinski definition) is 3. The molecule has 0 aliphatic carbocycles. The summed E-state index contributed by atoms with van der Waals surface area (Å²) in [5, 5.41) is 5.97. The van der Waals surface area contributed by atoms with Crippen molar-refractivity contribution in [1.82, 2.24) is 4.98 Å². The number of hydrogen-bond donors (Lipinski definition) is 1. The van der Waals surface area contributed by atoms with Gasteiger partial charge in [-0.15, -0.1) is 11.3 Å². The number of nitrogens with zero attached hydrogens (tertiary/aromatic N) is 1. The van der Waals surface area contributed by atoms with Crippen LogP contribution in [0.2, 0.25) is 5.02 Å². The first-order valence-electron chi connectivity index (χ1n) is 4.78. The van der Waals surface area contributed by atoms with Crippen molar-refractivity contribution in [3.63, 3.8) is 0 Å². The number of halogens is 2. The summed E-state index contributed by atoms with van der Waals surface area (Å²) in [5.74, 6) is 0.714. The van der Waals surface area contributed by atoms with Gasteiger partial charge in [0, 0.05) is 15.5 Å². The lowest BCUT2D eigenvalue weighted by Gasteiger charge is -2.13. The van der Waals surface area contributed by atoms with Gasteiger partial charge in [0.15, 0.2) is 0 Å². The summed E-state index contributed by atoms with van der Waals surface area (Å²) in [6, 6.07) is 6.17. The lowest BCUT2D eigenvalue weighted by Crippen LogP contribution is -2.06. The van der Waals surface area contributed by atoms with Crippen molar-refractivity contribution in [2.24, 2.45) is 0 Å². The van der Waals surface area contributed by atoms with Crippen molar-refractivity contribution in [2.75, 3.05) is 5.32 Å². The van der Waals surface area contributed by atoms with E-state index >= 15 is 0 Å². The fourth-order valence-electron chi connectivity index (χ4n) is 1.33. The second-order valence-electron chi connectivity index (χ2n) is 3.37. The van der Waals surface area contributed by atoms with E-state index in [4.69, 9.17) is 11.6 Å². The van der Waals surface area contributed by atoms with E-state index in [0.717, 1.165) is 4.47 Å². The highest BCUT2D eigenvalue weighted by molar-refractivity contribution is 9.10. The molecule has 5 heteroatoms. The van der Waals surface area contributed by atoms with Gasteiger partial charge in [-0.1, -0.05) is 17.7 Å². The van der Waals surface area contributed by atoms with Crippen LogP contribution in [-0.4, -0.2) is 4.98 Å². The molecule has 0 aliphatic heterocycles. The Morgan fingerprint density at radius 3 is 3.00 bits per heavy atom. The van der Waals surface area contributed by atoms with Crippen LogP contribution in [0.25, 0.3) is 0 Å². The third kappa shape index (κ3) is 2.75. The Morgan fingerprint density at radius 1 is 1.56 bits per heavy atom. The molecule has 0 radical (unpaired) electrons. The summed E-state index contributed by atoms with van der Waals surface area (Å²) in [6.45, 7) is 2.09. The molecular weight excluding hydrogens is 308 g/mol. The molecule has 84 valence electrons. The Morgan fingerprint density at radius 2 is 2.38 bits per heavy atom. The molecule has 1 unspecified atom stereocenters. The predicted molar refractivity (Wildman–Crippen MR) is 73.3 cm³/mol. The van der Waals surface area contributed by atoms with Crippen molar-refractivity contribution in [3.8, 4) is 0 Å². The molecule has 2 heterocycles.